The topological polar surface area (TPSA) is 66.8 Å². The Kier molecular flexibility index (Phi) is 4.39. The van der Waals surface area contributed by atoms with Gasteiger partial charge in [-0.3, -0.25) is 4.79 Å². The van der Waals surface area contributed by atoms with E-state index in [0.29, 0.717) is 31.9 Å². The highest BCUT2D eigenvalue weighted by Crippen LogP contribution is 2.22. The second kappa shape index (κ2) is 6.62. The predicted molar refractivity (Wildman–Crippen MR) is 85.6 cm³/mol. The van der Waals surface area contributed by atoms with Crippen LogP contribution in [-0.4, -0.2) is 48.2 Å². The minimum absolute atomic E-state index is 0.00249. The largest absolute Gasteiger partial charge is 0.478 e. The van der Waals surface area contributed by atoms with Gasteiger partial charge in [-0.05, 0) is 35.4 Å². The van der Waals surface area contributed by atoms with Crippen LogP contribution in [0.4, 0.5) is 0 Å². The quantitative estimate of drug-likeness (QED) is 0.946. The van der Waals surface area contributed by atoms with E-state index in [1.807, 2.05) is 18.2 Å². The van der Waals surface area contributed by atoms with Gasteiger partial charge in [0.25, 0.3) is 5.91 Å². The number of carbonyl (C=O) groups excluding carboxylic acids is 1. The molecule has 2 aromatic carbocycles. The molecule has 5 nitrogen and oxygen atoms in total. The number of ether oxygens (including phenoxy) is 1. The first-order valence-corrected chi connectivity index (χ1v) is 7.46. The van der Waals surface area contributed by atoms with Crippen LogP contribution in [0, 0.1) is 0 Å². The molecule has 1 heterocycles. The van der Waals surface area contributed by atoms with Crippen LogP contribution in [0.2, 0.25) is 0 Å². The third kappa shape index (κ3) is 3.40. The van der Waals surface area contributed by atoms with Crippen molar-refractivity contribution in [3.05, 3.63) is 59.7 Å². The van der Waals surface area contributed by atoms with Crippen LogP contribution in [0.15, 0.2) is 48.5 Å². The molecular formula is C18H17NO4. The third-order valence-corrected chi connectivity index (χ3v) is 3.87. The predicted octanol–water partition coefficient (Wildman–Crippen LogP) is 2.52. The van der Waals surface area contributed by atoms with E-state index in [4.69, 9.17) is 9.84 Å². The zero-order valence-corrected chi connectivity index (χ0v) is 12.6. The van der Waals surface area contributed by atoms with Crippen LogP contribution >= 0.6 is 0 Å². The third-order valence-electron chi connectivity index (χ3n) is 3.87. The van der Waals surface area contributed by atoms with Gasteiger partial charge in [0.2, 0.25) is 0 Å². The van der Waals surface area contributed by atoms with Crippen LogP contribution < -0.4 is 0 Å². The summed E-state index contributed by atoms with van der Waals surface area (Å²) in [4.78, 5) is 25.2. The van der Waals surface area contributed by atoms with Crippen molar-refractivity contribution in [1.29, 1.82) is 0 Å². The summed E-state index contributed by atoms with van der Waals surface area (Å²) in [6.45, 7) is 2.36. The number of rotatable bonds is 3. The smallest absolute Gasteiger partial charge is 0.335 e. The Hall–Kier alpha value is -2.66. The number of benzene rings is 2. The average Bonchev–Trinajstić information content (AvgIpc) is 2.62. The van der Waals surface area contributed by atoms with E-state index in [2.05, 4.69) is 0 Å². The second-order valence-electron chi connectivity index (χ2n) is 5.37. The zero-order valence-electron chi connectivity index (χ0n) is 12.6. The second-order valence-corrected chi connectivity index (χ2v) is 5.37. The Labute approximate surface area is 134 Å². The summed E-state index contributed by atoms with van der Waals surface area (Å²) in [5, 5.41) is 8.95. The number of hydrogen-bond acceptors (Lipinski definition) is 3. The van der Waals surface area contributed by atoms with Gasteiger partial charge in [0.1, 0.15) is 0 Å². The number of aromatic carboxylic acids is 1. The Morgan fingerprint density at radius 3 is 2.26 bits per heavy atom. The maximum atomic E-state index is 12.5. The lowest BCUT2D eigenvalue weighted by Gasteiger charge is -2.27. The SMILES string of the molecule is O=C(O)c1ccc(-c2cccc(C(=O)N3CCOCC3)c2)cc1. The summed E-state index contributed by atoms with van der Waals surface area (Å²) < 4.78 is 5.27. The van der Waals surface area contributed by atoms with Crippen LogP contribution in [0.5, 0.6) is 0 Å². The molecule has 0 aromatic heterocycles. The molecule has 0 bridgehead atoms. The zero-order chi connectivity index (χ0) is 16.2. The lowest BCUT2D eigenvalue weighted by atomic mass is 10.0. The standard InChI is InChI=1S/C18H17NO4/c20-17(19-8-10-23-11-9-19)16-3-1-2-15(12-16)13-4-6-14(7-5-13)18(21)22/h1-7,12H,8-11H2,(H,21,22). The van der Waals surface area contributed by atoms with E-state index >= 15 is 0 Å². The maximum absolute atomic E-state index is 12.5. The molecule has 0 aliphatic carbocycles. The van der Waals surface area contributed by atoms with Crippen molar-refractivity contribution < 1.29 is 19.4 Å². The molecule has 3 rings (SSSR count). The summed E-state index contributed by atoms with van der Waals surface area (Å²) in [6, 6.07) is 14.0. The lowest BCUT2D eigenvalue weighted by molar-refractivity contribution is 0.0303. The Morgan fingerprint density at radius 1 is 0.913 bits per heavy atom. The number of hydrogen-bond donors (Lipinski definition) is 1. The van der Waals surface area contributed by atoms with Crippen molar-refractivity contribution in [2.24, 2.45) is 0 Å². The van der Waals surface area contributed by atoms with E-state index in [1.54, 1.807) is 35.2 Å². The van der Waals surface area contributed by atoms with Gasteiger partial charge in [-0.15, -0.1) is 0 Å². The first-order chi connectivity index (χ1) is 11.1. The van der Waals surface area contributed by atoms with E-state index in [0.717, 1.165) is 11.1 Å². The first-order valence-electron chi connectivity index (χ1n) is 7.46. The van der Waals surface area contributed by atoms with Crippen molar-refractivity contribution in [3.63, 3.8) is 0 Å². The van der Waals surface area contributed by atoms with Gasteiger partial charge in [-0.25, -0.2) is 4.79 Å². The monoisotopic (exact) mass is 311 g/mol. The van der Waals surface area contributed by atoms with Crippen LogP contribution in [-0.2, 0) is 4.74 Å². The Bertz CT molecular complexity index is 718. The van der Waals surface area contributed by atoms with Crippen molar-refractivity contribution >= 4 is 11.9 Å². The normalized spacial score (nSPS) is 14.5. The van der Waals surface area contributed by atoms with E-state index in [9.17, 15) is 9.59 Å². The molecule has 0 atom stereocenters. The molecule has 0 spiro atoms. The summed E-state index contributed by atoms with van der Waals surface area (Å²) in [5.74, 6) is -0.954. The highest BCUT2D eigenvalue weighted by atomic mass is 16.5. The van der Waals surface area contributed by atoms with Gasteiger partial charge in [0.05, 0.1) is 18.8 Å². The fraction of sp³-hybridized carbons (Fsp3) is 0.222. The summed E-state index contributed by atoms with van der Waals surface area (Å²) >= 11 is 0. The molecule has 1 amide bonds. The van der Waals surface area contributed by atoms with Crippen LogP contribution in [0.3, 0.4) is 0 Å². The minimum atomic E-state index is -0.951. The molecule has 0 radical (unpaired) electrons. The number of nitrogens with zero attached hydrogens (tertiary/aromatic N) is 1. The van der Waals surface area contributed by atoms with Gasteiger partial charge < -0.3 is 14.7 Å². The molecule has 23 heavy (non-hydrogen) atoms. The van der Waals surface area contributed by atoms with Crippen LogP contribution in [0.25, 0.3) is 11.1 Å². The summed E-state index contributed by atoms with van der Waals surface area (Å²) in [6.07, 6.45) is 0. The summed E-state index contributed by atoms with van der Waals surface area (Å²) in [5.41, 5.74) is 2.65. The molecule has 1 saturated heterocycles. The van der Waals surface area contributed by atoms with Gasteiger partial charge in [-0.2, -0.15) is 0 Å². The molecule has 1 fully saturated rings. The molecule has 5 heteroatoms. The van der Waals surface area contributed by atoms with E-state index in [1.165, 1.54) is 0 Å². The van der Waals surface area contributed by atoms with Crippen molar-refractivity contribution in [2.45, 2.75) is 0 Å². The number of carboxylic acids is 1. The fourth-order valence-corrected chi connectivity index (χ4v) is 2.59. The summed E-state index contributed by atoms with van der Waals surface area (Å²) in [7, 11) is 0. The fourth-order valence-electron chi connectivity index (χ4n) is 2.59. The molecule has 2 aromatic rings. The highest BCUT2D eigenvalue weighted by molar-refractivity contribution is 5.95. The average molecular weight is 311 g/mol. The molecule has 118 valence electrons. The molecule has 0 saturated carbocycles. The number of morpholine rings is 1. The van der Waals surface area contributed by atoms with Crippen LogP contribution in [0.1, 0.15) is 20.7 Å². The molecular weight excluding hydrogens is 294 g/mol. The van der Waals surface area contributed by atoms with E-state index < -0.39 is 5.97 Å². The number of carbonyl (C=O) groups is 2. The first kappa shape index (κ1) is 15.2. The number of carboxylic acid groups (broad SMARTS) is 1. The van der Waals surface area contributed by atoms with Crippen molar-refractivity contribution in [1.82, 2.24) is 4.90 Å². The van der Waals surface area contributed by atoms with Gasteiger partial charge in [0.15, 0.2) is 0 Å². The molecule has 0 unspecified atom stereocenters. The Morgan fingerprint density at radius 2 is 1.61 bits per heavy atom. The maximum Gasteiger partial charge on any atom is 0.335 e. The van der Waals surface area contributed by atoms with Gasteiger partial charge in [-0.1, -0.05) is 24.3 Å². The Balaban J connectivity index is 1.84. The van der Waals surface area contributed by atoms with Crippen molar-refractivity contribution in [3.8, 4) is 11.1 Å². The van der Waals surface area contributed by atoms with Gasteiger partial charge in [0, 0.05) is 18.7 Å². The minimum Gasteiger partial charge on any atom is -0.478 e. The molecule has 1 aliphatic heterocycles. The lowest BCUT2D eigenvalue weighted by Crippen LogP contribution is -2.40. The van der Waals surface area contributed by atoms with E-state index in [-0.39, 0.29) is 11.5 Å². The highest BCUT2D eigenvalue weighted by Gasteiger charge is 2.18. The number of amides is 1. The molecule has 1 aliphatic rings. The van der Waals surface area contributed by atoms with Gasteiger partial charge >= 0.3 is 5.97 Å². The molecule has 1 N–H and O–H groups in total. The van der Waals surface area contributed by atoms with Crippen molar-refractivity contribution in [2.75, 3.05) is 26.3 Å².